The summed E-state index contributed by atoms with van der Waals surface area (Å²) in [5, 5.41) is 20.7. The number of ketones is 1. The lowest BCUT2D eigenvalue weighted by molar-refractivity contribution is -0.156. The van der Waals surface area contributed by atoms with E-state index < -0.39 is 11.7 Å². The Morgan fingerprint density at radius 1 is 0.971 bits per heavy atom. The molecule has 4 heteroatoms. The van der Waals surface area contributed by atoms with Crippen LogP contribution in [-0.4, -0.2) is 29.7 Å². The third-order valence-electron chi connectivity index (χ3n) is 11.9. The minimum absolute atomic E-state index is 0.00334. The molecule has 0 aromatic heterocycles. The van der Waals surface area contributed by atoms with Gasteiger partial charge in [-0.3, -0.25) is 4.79 Å². The molecular formula is C30H41NO3. The van der Waals surface area contributed by atoms with Crippen LogP contribution in [0.25, 0.3) is 0 Å². The van der Waals surface area contributed by atoms with Gasteiger partial charge < -0.3 is 9.84 Å². The van der Waals surface area contributed by atoms with Crippen molar-refractivity contribution in [1.29, 1.82) is 5.26 Å². The second-order valence-corrected chi connectivity index (χ2v) is 13.5. The van der Waals surface area contributed by atoms with Crippen molar-refractivity contribution < 1.29 is 14.6 Å². The number of aliphatic hydroxyl groups excluding tert-OH is 1. The zero-order valence-electron chi connectivity index (χ0n) is 22.0. The maximum Gasteiger partial charge on any atom is 0.201 e. The molecule has 1 N–H and O–H groups in total. The van der Waals surface area contributed by atoms with Crippen LogP contribution in [0.4, 0.5) is 0 Å². The topological polar surface area (TPSA) is 70.3 Å². The van der Waals surface area contributed by atoms with Crippen LogP contribution in [0.15, 0.2) is 34.9 Å². The van der Waals surface area contributed by atoms with Crippen molar-refractivity contribution in [2.24, 2.45) is 33.0 Å². The van der Waals surface area contributed by atoms with E-state index in [1.165, 1.54) is 12.0 Å². The molecule has 0 aliphatic heterocycles. The lowest BCUT2D eigenvalue weighted by atomic mass is 9.34. The van der Waals surface area contributed by atoms with Gasteiger partial charge in [-0.2, -0.15) is 5.26 Å². The largest absolute Gasteiger partial charge is 0.381 e. The zero-order chi connectivity index (χ0) is 24.9. The number of nitriles is 1. The highest BCUT2D eigenvalue weighted by molar-refractivity contribution is 5.99. The molecule has 5 aliphatic carbocycles. The number of hydrogen-bond acceptors (Lipinski definition) is 4. The van der Waals surface area contributed by atoms with Gasteiger partial charge in [0.25, 0.3) is 0 Å². The highest BCUT2D eigenvalue weighted by atomic mass is 16.5. The summed E-state index contributed by atoms with van der Waals surface area (Å²) in [6, 6.07) is 2.67. The first kappa shape index (κ1) is 24.0. The van der Waals surface area contributed by atoms with E-state index in [4.69, 9.17) is 4.74 Å². The van der Waals surface area contributed by atoms with Crippen molar-refractivity contribution in [3.8, 4) is 6.07 Å². The van der Waals surface area contributed by atoms with Gasteiger partial charge in [0, 0.05) is 12.5 Å². The summed E-state index contributed by atoms with van der Waals surface area (Å²) in [4.78, 5) is 12.9. The molecule has 0 bridgehead atoms. The van der Waals surface area contributed by atoms with E-state index in [2.05, 4.69) is 52.8 Å². The van der Waals surface area contributed by atoms with Gasteiger partial charge in [-0.1, -0.05) is 45.4 Å². The lowest BCUT2D eigenvalue weighted by Crippen LogP contribution is -2.62. The summed E-state index contributed by atoms with van der Waals surface area (Å²) in [5.74, 6) is 0.216. The Labute approximate surface area is 205 Å². The number of carbonyl (C=O) groups excluding carboxylic acids is 1. The van der Waals surface area contributed by atoms with Crippen LogP contribution in [-0.2, 0) is 9.53 Å². The first-order valence-corrected chi connectivity index (χ1v) is 13.1. The quantitative estimate of drug-likeness (QED) is 0.512. The van der Waals surface area contributed by atoms with Gasteiger partial charge >= 0.3 is 0 Å². The van der Waals surface area contributed by atoms with E-state index >= 15 is 0 Å². The third-order valence-corrected chi connectivity index (χ3v) is 11.9. The summed E-state index contributed by atoms with van der Waals surface area (Å²) in [5.41, 5.74) is 2.20. The second-order valence-electron chi connectivity index (χ2n) is 13.5. The number of Topliss-reactive ketones (excluding diaryl/α,β-unsaturated/α-hetero) is 1. The number of aliphatic hydroxyl groups is 1. The Kier molecular flexibility index (Phi) is 4.91. The van der Waals surface area contributed by atoms with Gasteiger partial charge in [0.1, 0.15) is 6.10 Å². The Hall–Kier alpha value is -1.70. The van der Waals surface area contributed by atoms with Gasteiger partial charge in [-0.25, -0.2) is 0 Å². The Morgan fingerprint density at radius 3 is 2.29 bits per heavy atom. The predicted molar refractivity (Wildman–Crippen MR) is 133 cm³/mol. The molecule has 5 aliphatic rings. The van der Waals surface area contributed by atoms with Gasteiger partial charge in [0.2, 0.25) is 5.78 Å². The number of allylic oxidation sites excluding steroid dienone is 3. The van der Waals surface area contributed by atoms with Crippen LogP contribution in [0.1, 0.15) is 86.5 Å². The molecule has 0 amide bonds. The number of hydrogen-bond donors (Lipinski definition) is 1. The second kappa shape index (κ2) is 6.95. The van der Waals surface area contributed by atoms with Crippen molar-refractivity contribution in [1.82, 2.24) is 0 Å². The van der Waals surface area contributed by atoms with Crippen LogP contribution in [0.2, 0.25) is 0 Å². The lowest BCUT2D eigenvalue weighted by Gasteiger charge is -2.70. The Morgan fingerprint density at radius 2 is 1.65 bits per heavy atom. The molecule has 8 atom stereocenters. The predicted octanol–water partition coefficient (Wildman–Crippen LogP) is 6.07. The van der Waals surface area contributed by atoms with Gasteiger partial charge in [0.15, 0.2) is 5.60 Å². The van der Waals surface area contributed by atoms with Gasteiger partial charge in [0.05, 0.1) is 11.5 Å². The number of nitrogens with zero attached hydrogens (tertiary/aromatic N) is 1. The van der Waals surface area contributed by atoms with Crippen LogP contribution < -0.4 is 0 Å². The van der Waals surface area contributed by atoms with Crippen molar-refractivity contribution in [3.05, 3.63) is 34.9 Å². The highest BCUT2D eigenvalue weighted by Crippen LogP contribution is 2.75. The molecule has 0 spiro atoms. The molecule has 3 fully saturated rings. The van der Waals surface area contributed by atoms with E-state index in [0.717, 1.165) is 49.7 Å². The molecule has 4 nitrogen and oxygen atoms in total. The van der Waals surface area contributed by atoms with Crippen molar-refractivity contribution in [2.45, 2.75) is 98.2 Å². The van der Waals surface area contributed by atoms with Gasteiger partial charge in [-0.05, 0) is 98.2 Å². The van der Waals surface area contributed by atoms with E-state index in [0.29, 0.717) is 5.92 Å². The molecule has 0 aromatic carbocycles. The third kappa shape index (κ3) is 2.69. The molecule has 1 unspecified atom stereocenters. The molecule has 184 valence electrons. The maximum atomic E-state index is 12.9. The fourth-order valence-electron chi connectivity index (χ4n) is 9.03. The fourth-order valence-corrected chi connectivity index (χ4v) is 9.03. The van der Waals surface area contributed by atoms with Crippen LogP contribution in [0, 0.1) is 44.3 Å². The molecule has 5 rings (SSSR count). The van der Waals surface area contributed by atoms with Crippen molar-refractivity contribution >= 4 is 5.78 Å². The normalized spacial score (nSPS) is 52.1. The van der Waals surface area contributed by atoms with E-state index in [9.17, 15) is 15.2 Å². The van der Waals surface area contributed by atoms with Crippen LogP contribution in [0.3, 0.4) is 0 Å². The highest BCUT2D eigenvalue weighted by Gasteiger charge is 2.67. The Balaban J connectivity index is 1.66. The van der Waals surface area contributed by atoms with Crippen LogP contribution >= 0.6 is 0 Å². The van der Waals surface area contributed by atoms with Crippen LogP contribution in [0.5, 0.6) is 0 Å². The minimum Gasteiger partial charge on any atom is -0.381 e. The average molecular weight is 464 g/mol. The van der Waals surface area contributed by atoms with E-state index in [1.807, 2.05) is 0 Å². The first-order valence-electron chi connectivity index (χ1n) is 13.1. The fraction of sp³-hybridized carbons (Fsp3) is 0.733. The summed E-state index contributed by atoms with van der Waals surface area (Å²) in [6.45, 7) is 13.7. The smallest absolute Gasteiger partial charge is 0.201 e. The molecule has 0 saturated heterocycles. The van der Waals surface area contributed by atoms with E-state index in [1.54, 1.807) is 20.1 Å². The summed E-state index contributed by atoms with van der Waals surface area (Å²) in [7, 11) is 1.56. The Bertz CT molecular complexity index is 1090. The monoisotopic (exact) mass is 463 g/mol. The van der Waals surface area contributed by atoms with E-state index in [-0.39, 0.29) is 32.9 Å². The number of carbonyl (C=O) groups is 1. The summed E-state index contributed by atoms with van der Waals surface area (Å²) in [6.07, 6.45) is 12.6. The number of methoxy groups -OCH3 is 1. The molecule has 34 heavy (non-hydrogen) atoms. The first-order chi connectivity index (χ1) is 15.7. The summed E-state index contributed by atoms with van der Waals surface area (Å²) < 4.78 is 5.75. The molecule has 3 saturated carbocycles. The number of fused-ring (bicyclic) bond motifs is 7. The minimum atomic E-state index is -1.14. The summed E-state index contributed by atoms with van der Waals surface area (Å²) >= 11 is 0. The molecule has 0 aromatic rings. The SMILES string of the molecule is CO[C@]1(C)C(=O)C(O)C=C2C1=CC=C1[C@@]2(C)CC[C@@]2(C)[C@@H]3C[C@](C)(C#N)CC[C@]3(C)CC[C@]12C. The zero-order valence-corrected chi connectivity index (χ0v) is 22.0. The molecule has 0 radical (unpaired) electrons. The average Bonchev–Trinajstić information content (AvgIpc) is 2.81. The molecule has 0 heterocycles. The molecular weight excluding hydrogens is 422 g/mol. The van der Waals surface area contributed by atoms with Crippen molar-refractivity contribution in [2.75, 3.05) is 7.11 Å². The maximum absolute atomic E-state index is 12.9. The van der Waals surface area contributed by atoms with Crippen molar-refractivity contribution in [3.63, 3.8) is 0 Å². The standard InChI is InChI=1S/C30H41NO3/c1-25(18-31)10-11-26(2)12-14-28(4)22-9-8-19-20(16-21(32)24(33)30(19,6)34-7)27(22,3)13-15-29(28,5)23(26)17-25/h8-9,16,21,23,32H,10-15,17H2,1-7H3/t21?,23-,25-,26-,27+,28-,29+,30+/m1/s1. The number of rotatable bonds is 1. The number of ether oxygens (including phenoxy) is 1. The van der Waals surface area contributed by atoms with Gasteiger partial charge in [-0.15, -0.1) is 0 Å².